The van der Waals surface area contributed by atoms with E-state index in [0.717, 1.165) is 19.4 Å². The molecular weight excluding hydrogens is 400 g/mol. The number of carbonyl (C=O) groups is 1. The third kappa shape index (κ3) is 5.05. The van der Waals surface area contributed by atoms with Gasteiger partial charge in [0.05, 0.1) is 0 Å². The van der Waals surface area contributed by atoms with Crippen LogP contribution in [0.4, 0.5) is 0 Å². The number of nitrogens with one attached hydrogen (secondary N) is 1. The summed E-state index contributed by atoms with van der Waals surface area (Å²) in [6.07, 6.45) is 1.72. The molecule has 156 valence electrons. The Bertz CT molecular complexity index is 940. The highest BCUT2D eigenvalue weighted by molar-refractivity contribution is 7.89. The van der Waals surface area contributed by atoms with E-state index in [1.165, 1.54) is 4.31 Å². The second kappa shape index (κ2) is 9.26. The molecule has 1 amide bonds. The van der Waals surface area contributed by atoms with E-state index in [2.05, 4.69) is 16.8 Å². The number of nitrogens with zero attached hydrogens (tertiary/aromatic N) is 2. The topological polar surface area (TPSA) is 99.5 Å². The first-order valence-corrected chi connectivity index (χ1v) is 11.2. The summed E-state index contributed by atoms with van der Waals surface area (Å²) in [7, 11) is 0.112. The lowest BCUT2D eigenvalue weighted by Gasteiger charge is -2.23. The predicted octanol–water partition coefficient (Wildman–Crippen LogP) is 2.91. The number of halogens is 1. The van der Waals surface area contributed by atoms with Crippen LogP contribution in [0.5, 0.6) is 0 Å². The Hall–Kier alpha value is -1.61. The van der Waals surface area contributed by atoms with Crippen LogP contribution in [-0.2, 0) is 10.0 Å². The fraction of sp³-hybridized carbons (Fsp3) is 0.526. The number of rotatable bonds is 10. The van der Waals surface area contributed by atoms with E-state index >= 15 is 0 Å². The highest BCUT2D eigenvalue weighted by atomic mass is 35.5. The van der Waals surface area contributed by atoms with E-state index in [1.807, 2.05) is 14.1 Å². The molecule has 2 rings (SSSR count). The molecule has 0 fully saturated rings. The third-order valence-corrected chi connectivity index (χ3v) is 7.15. The van der Waals surface area contributed by atoms with Gasteiger partial charge in [-0.3, -0.25) is 4.79 Å². The Balaban J connectivity index is 2.37. The lowest BCUT2D eigenvalue weighted by molar-refractivity contribution is 0.0993. The second-order valence-electron chi connectivity index (χ2n) is 7.37. The maximum atomic E-state index is 13.4. The Kier molecular flexibility index (Phi) is 7.50. The molecule has 0 bridgehead atoms. The molecule has 0 radical (unpaired) electrons. The number of hydrogen-bond acceptors (Lipinski definition) is 4. The molecule has 3 N–H and O–H groups in total. The zero-order chi connectivity index (χ0) is 21.1. The van der Waals surface area contributed by atoms with Crippen molar-refractivity contribution in [2.24, 2.45) is 11.7 Å². The molecule has 28 heavy (non-hydrogen) atoms. The number of sulfonamides is 1. The van der Waals surface area contributed by atoms with E-state index in [-0.39, 0.29) is 10.6 Å². The first-order chi connectivity index (χ1) is 13.1. The van der Waals surface area contributed by atoms with Crippen LogP contribution >= 0.6 is 11.6 Å². The molecule has 0 aliphatic rings. The summed E-state index contributed by atoms with van der Waals surface area (Å²) in [5.41, 5.74) is 5.85. The van der Waals surface area contributed by atoms with Gasteiger partial charge in [-0.2, -0.15) is 4.31 Å². The zero-order valence-electron chi connectivity index (χ0n) is 16.8. The summed E-state index contributed by atoms with van der Waals surface area (Å²) >= 11 is 6.06. The number of aromatic nitrogens is 1. The maximum absolute atomic E-state index is 13.4. The van der Waals surface area contributed by atoms with Crippen molar-refractivity contribution >= 4 is 38.4 Å². The quantitative estimate of drug-likeness (QED) is 0.607. The molecule has 2 aromatic rings. The molecular formula is C19H29ClN4O3S. The molecule has 1 atom stereocenters. The van der Waals surface area contributed by atoms with Crippen molar-refractivity contribution in [2.45, 2.75) is 31.6 Å². The van der Waals surface area contributed by atoms with E-state index < -0.39 is 15.9 Å². The van der Waals surface area contributed by atoms with Gasteiger partial charge in [-0.15, -0.1) is 0 Å². The highest BCUT2D eigenvalue weighted by Crippen LogP contribution is 2.31. The molecule has 0 spiro atoms. The van der Waals surface area contributed by atoms with Gasteiger partial charge in [0.1, 0.15) is 10.6 Å². The van der Waals surface area contributed by atoms with Gasteiger partial charge in [0.2, 0.25) is 10.0 Å². The molecule has 1 unspecified atom stereocenters. The minimum Gasteiger partial charge on any atom is -0.364 e. The Morgan fingerprint density at radius 3 is 2.46 bits per heavy atom. The van der Waals surface area contributed by atoms with Crippen LogP contribution in [0.2, 0.25) is 5.02 Å². The number of aromatic amines is 1. The van der Waals surface area contributed by atoms with Crippen molar-refractivity contribution in [1.82, 2.24) is 14.2 Å². The second-order valence-corrected chi connectivity index (χ2v) is 9.68. The van der Waals surface area contributed by atoms with Crippen LogP contribution in [-0.4, -0.2) is 62.2 Å². The van der Waals surface area contributed by atoms with Gasteiger partial charge in [0, 0.05) is 29.0 Å². The fourth-order valence-electron chi connectivity index (χ4n) is 3.15. The maximum Gasteiger partial charge on any atom is 0.266 e. The summed E-state index contributed by atoms with van der Waals surface area (Å²) in [6.45, 7) is 5.53. The normalized spacial score (nSPS) is 13.5. The average Bonchev–Trinajstić information content (AvgIpc) is 2.99. The fourth-order valence-corrected chi connectivity index (χ4v) is 5.12. The molecule has 7 nitrogen and oxygen atoms in total. The molecule has 9 heteroatoms. The predicted molar refractivity (Wildman–Crippen MR) is 113 cm³/mol. The number of benzene rings is 1. The average molecular weight is 429 g/mol. The van der Waals surface area contributed by atoms with Crippen LogP contribution in [0, 0.1) is 5.92 Å². The highest BCUT2D eigenvalue weighted by Gasteiger charge is 2.32. The standard InChI is InChI=1S/C19H29ClN4O3S/c1-5-24(11-9-13(2)8-10-23(3)4)28(26,27)18-15-12-14(20)6-7-16(15)22-17(18)19(21)25/h6-7,12-13,22H,5,8-11H2,1-4H3,(H2,21,25). The number of H-pyrrole nitrogens is 1. The van der Waals surface area contributed by atoms with Crippen molar-refractivity contribution in [3.8, 4) is 0 Å². The number of nitrogens with two attached hydrogens (primary N) is 1. The van der Waals surface area contributed by atoms with Crippen LogP contribution in [0.15, 0.2) is 23.1 Å². The first-order valence-electron chi connectivity index (χ1n) is 9.33. The van der Waals surface area contributed by atoms with Crippen LogP contribution in [0.25, 0.3) is 10.9 Å². The van der Waals surface area contributed by atoms with Gasteiger partial charge in [0.25, 0.3) is 5.91 Å². The van der Waals surface area contributed by atoms with Gasteiger partial charge in [-0.1, -0.05) is 25.4 Å². The minimum atomic E-state index is -3.92. The van der Waals surface area contributed by atoms with E-state index in [0.29, 0.717) is 34.9 Å². The van der Waals surface area contributed by atoms with E-state index in [9.17, 15) is 13.2 Å². The van der Waals surface area contributed by atoms with E-state index in [1.54, 1.807) is 25.1 Å². The lowest BCUT2D eigenvalue weighted by atomic mass is 10.0. The first kappa shape index (κ1) is 22.7. The Morgan fingerprint density at radius 2 is 1.89 bits per heavy atom. The molecule has 1 heterocycles. The summed E-state index contributed by atoms with van der Waals surface area (Å²) in [5, 5.41) is 0.764. The summed E-state index contributed by atoms with van der Waals surface area (Å²) in [5.74, 6) is -0.444. The van der Waals surface area contributed by atoms with Crippen LogP contribution in [0.1, 0.15) is 37.2 Å². The smallest absolute Gasteiger partial charge is 0.266 e. The van der Waals surface area contributed by atoms with Crippen molar-refractivity contribution < 1.29 is 13.2 Å². The van der Waals surface area contributed by atoms with Crippen molar-refractivity contribution in [3.63, 3.8) is 0 Å². The van der Waals surface area contributed by atoms with Gasteiger partial charge in [-0.25, -0.2) is 8.42 Å². The van der Waals surface area contributed by atoms with Crippen molar-refractivity contribution in [2.75, 3.05) is 33.7 Å². The van der Waals surface area contributed by atoms with Crippen LogP contribution in [0.3, 0.4) is 0 Å². The molecule has 0 aliphatic carbocycles. The van der Waals surface area contributed by atoms with E-state index in [4.69, 9.17) is 17.3 Å². The molecule has 0 saturated heterocycles. The third-order valence-electron chi connectivity index (χ3n) is 4.85. The number of primary amides is 1. The monoisotopic (exact) mass is 428 g/mol. The summed E-state index contributed by atoms with van der Waals surface area (Å²) < 4.78 is 28.2. The minimum absolute atomic E-state index is 0.0969. The van der Waals surface area contributed by atoms with Crippen LogP contribution < -0.4 is 5.73 Å². The Morgan fingerprint density at radius 1 is 1.25 bits per heavy atom. The van der Waals surface area contributed by atoms with Gasteiger partial charge in [0.15, 0.2) is 0 Å². The number of fused-ring (bicyclic) bond motifs is 1. The number of hydrogen-bond donors (Lipinski definition) is 2. The molecule has 0 saturated carbocycles. The van der Waals surface area contributed by atoms with Gasteiger partial charge >= 0.3 is 0 Å². The summed E-state index contributed by atoms with van der Waals surface area (Å²) in [6, 6.07) is 4.81. The largest absolute Gasteiger partial charge is 0.364 e. The van der Waals surface area contributed by atoms with Crippen molar-refractivity contribution in [3.05, 3.63) is 28.9 Å². The number of carbonyl (C=O) groups excluding carboxylic acids is 1. The van der Waals surface area contributed by atoms with Gasteiger partial charge in [-0.05, 0) is 57.6 Å². The molecule has 1 aromatic heterocycles. The molecule has 1 aromatic carbocycles. The molecule has 0 aliphatic heterocycles. The van der Waals surface area contributed by atoms with Gasteiger partial charge < -0.3 is 15.6 Å². The zero-order valence-corrected chi connectivity index (χ0v) is 18.4. The SMILES string of the molecule is CCN(CCC(C)CCN(C)C)S(=O)(=O)c1c(C(N)=O)[nH]c2ccc(Cl)cc12. The number of amides is 1. The summed E-state index contributed by atoms with van der Waals surface area (Å²) in [4.78, 5) is 16.8. The van der Waals surface area contributed by atoms with Crippen molar-refractivity contribution in [1.29, 1.82) is 0 Å². The Labute approximate surface area is 171 Å². The lowest BCUT2D eigenvalue weighted by Crippen LogP contribution is -2.34.